The maximum atomic E-state index is 11.7. The van der Waals surface area contributed by atoms with E-state index < -0.39 is 0 Å². The van der Waals surface area contributed by atoms with Crippen molar-refractivity contribution in [3.8, 4) is 0 Å². The van der Waals surface area contributed by atoms with Crippen LogP contribution in [0.3, 0.4) is 0 Å². The molecule has 2 rings (SSSR count). The van der Waals surface area contributed by atoms with Crippen molar-refractivity contribution in [1.82, 2.24) is 4.98 Å². The second kappa shape index (κ2) is 5.99. The number of hydrogen-bond acceptors (Lipinski definition) is 3. The molecule has 0 fully saturated rings. The molecule has 3 nitrogen and oxygen atoms in total. The summed E-state index contributed by atoms with van der Waals surface area (Å²) in [4.78, 5) is 17.1. The molecule has 1 heterocycles. The van der Waals surface area contributed by atoms with E-state index in [0.29, 0.717) is 10.2 Å². The highest BCUT2D eigenvalue weighted by Gasteiger charge is 2.05. The highest BCUT2D eigenvalue weighted by molar-refractivity contribution is 7.15. The van der Waals surface area contributed by atoms with E-state index >= 15 is 0 Å². The molecule has 0 spiro atoms. The van der Waals surface area contributed by atoms with E-state index in [4.69, 9.17) is 11.6 Å². The summed E-state index contributed by atoms with van der Waals surface area (Å²) in [5.41, 5.74) is 1.75. The number of amides is 1. The fourth-order valence-electron chi connectivity index (χ4n) is 1.45. The van der Waals surface area contributed by atoms with Crippen LogP contribution in [-0.2, 0) is 4.79 Å². The van der Waals surface area contributed by atoms with Gasteiger partial charge in [-0.2, -0.15) is 0 Å². The second-order valence-corrected chi connectivity index (χ2v) is 5.62. The van der Waals surface area contributed by atoms with E-state index in [1.165, 1.54) is 17.4 Å². The van der Waals surface area contributed by atoms with E-state index in [-0.39, 0.29) is 5.91 Å². The Bertz CT molecular complexity index is 615. The molecule has 0 saturated heterocycles. The Morgan fingerprint density at radius 3 is 2.74 bits per heavy atom. The third kappa shape index (κ3) is 3.66. The fraction of sp³-hybridized carbons (Fsp3) is 0.143. The topological polar surface area (TPSA) is 42.0 Å². The van der Waals surface area contributed by atoms with Gasteiger partial charge in [0, 0.05) is 16.0 Å². The van der Waals surface area contributed by atoms with Gasteiger partial charge in [0.25, 0.3) is 0 Å². The standard InChI is InChI=1S/C14H13ClN2OS/c1-9-10(2)19-14(16-9)17-13(18)8-7-11-5-3-4-6-12(11)15/h3-8H,1-2H3,(H,16,17,18). The molecule has 0 saturated carbocycles. The number of rotatable bonds is 3. The quantitative estimate of drug-likeness (QED) is 0.867. The predicted octanol–water partition coefficient (Wildman–Crippen LogP) is 4.07. The van der Waals surface area contributed by atoms with Crippen LogP contribution in [0.2, 0.25) is 5.02 Å². The molecule has 0 aliphatic rings. The van der Waals surface area contributed by atoms with Crippen LogP contribution in [0.25, 0.3) is 6.08 Å². The SMILES string of the molecule is Cc1nc(NC(=O)C=Cc2ccccc2Cl)sc1C. The lowest BCUT2D eigenvalue weighted by atomic mass is 10.2. The monoisotopic (exact) mass is 292 g/mol. The first-order valence-corrected chi connectivity index (χ1v) is 6.93. The molecule has 0 atom stereocenters. The van der Waals surface area contributed by atoms with Gasteiger partial charge >= 0.3 is 0 Å². The largest absolute Gasteiger partial charge is 0.298 e. The Labute approximate surface area is 120 Å². The Morgan fingerprint density at radius 2 is 2.11 bits per heavy atom. The maximum Gasteiger partial charge on any atom is 0.250 e. The van der Waals surface area contributed by atoms with Crippen molar-refractivity contribution >= 4 is 40.1 Å². The molecule has 1 aromatic heterocycles. The van der Waals surface area contributed by atoms with Gasteiger partial charge in [-0.25, -0.2) is 4.98 Å². The summed E-state index contributed by atoms with van der Waals surface area (Å²) >= 11 is 7.46. The van der Waals surface area contributed by atoms with Crippen LogP contribution in [0.15, 0.2) is 30.3 Å². The van der Waals surface area contributed by atoms with Crippen molar-refractivity contribution in [2.24, 2.45) is 0 Å². The number of halogens is 1. The second-order valence-electron chi connectivity index (χ2n) is 4.00. The van der Waals surface area contributed by atoms with Gasteiger partial charge in [0.2, 0.25) is 5.91 Å². The summed E-state index contributed by atoms with van der Waals surface area (Å²) in [6.45, 7) is 3.89. The lowest BCUT2D eigenvalue weighted by molar-refractivity contribution is -0.111. The molecular weight excluding hydrogens is 280 g/mol. The van der Waals surface area contributed by atoms with E-state index in [0.717, 1.165) is 16.1 Å². The van der Waals surface area contributed by atoms with Gasteiger partial charge in [0.05, 0.1) is 5.69 Å². The molecule has 0 unspecified atom stereocenters. The van der Waals surface area contributed by atoms with Crippen LogP contribution in [-0.4, -0.2) is 10.9 Å². The predicted molar refractivity (Wildman–Crippen MR) is 80.7 cm³/mol. The Morgan fingerprint density at radius 1 is 1.37 bits per heavy atom. The molecular formula is C14H13ClN2OS. The van der Waals surface area contributed by atoms with Crippen LogP contribution in [0.1, 0.15) is 16.1 Å². The number of carbonyl (C=O) groups is 1. The zero-order chi connectivity index (χ0) is 13.8. The number of nitrogens with one attached hydrogen (secondary N) is 1. The molecule has 1 N–H and O–H groups in total. The van der Waals surface area contributed by atoms with Crippen LogP contribution < -0.4 is 5.32 Å². The average molecular weight is 293 g/mol. The number of carbonyl (C=O) groups excluding carboxylic acids is 1. The number of hydrogen-bond donors (Lipinski definition) is 1. The van der Waals surface area contributed by atoms with Gasteiger partial charge in [-0.15, -0.1) is 11.3 Å². The number of thiazole rings is 1. The Balaban J connectivity index is 2.04. The van der Waals surface area contributed by atoms with Crippen LogP contribution in [0.5, 0.6) is 0 Å². The van der Waals surface area contributed by atoms with Crippen molar-refractivity contribution < 1.29 is 4.79 Å². The summed E-state index contributed by atoms with van der Waals surface area (Å²) < 4.78 is 0. The number of nitrogens with zero attached hydrogens (tertiary/aromatic N) is 1. The normalized spacial score (nSPS) is 10.9. The van der Waals surface area contributed by atoms with Crippen molar-refractivity contribution in [2.45, 2.75) is 13.8 Å². The van der Waals surface area contributed by atoms with E-state index in [1.807, 2.05) is 32.0 Å². The Hall–Kier alpha value is -1.65. The van der Waals surface area contributed by atoms with E-state index in [2.05, 4.69) is 10.3 Å². The van der Waals surface area contributed by atoms with Gasteiger partial charge in [-0.3, -0.25) is 10.1 Å². The third-order valence-corrected chi connectivity index (χ3v) is 3.91. The zero-order valence-corrected chi connectivity index (χ0v) is 12.2. The molecule has 0 aliphatic carbocycles. The summed E-state index contributed by atoms with van der Waals surface area (Å²) in [7, 11) is 0. The van der Waals surface area contributed by atoms with Crippen molar-refractivity contribution in [1.29, 1.82) is 0 Å². The summed E-state index contributed by atoms with van der Waals surface area (Å²) in [5, 5.41) is 3.96. The molecule has 0 aliphatic heterocycles. The fourth-order valence-corrected chi connectivity index (χ4v) is 2.47. The summed E-state index contributed by atoms with van der Waals surface area (Å²) in [6.07, 6.45) is 3.14. The minimum atomic E-state index is -0.214. The molecule has 1 aromatic carbocycles. The number of aromatic nitrogens is 1. The van der Waals surface area contributed by atoms with E-state index in [1.54, 1.807) is 12.1 Å². The van der Waals surface area contributed by atoms with Crippen molar-refractivity contribution in [2.75, 3.05) is 5.32 Å². The molecule has 1 amide bonds. The Kier molecular flexibility index (Phi) is 4.35. The average Bonchev–Trinajstić information content (AvgIpc) is 2.67. The van der Waals surface area contributed by atoms with E-state index in [9.17, 15) is 4.79 Å². The highest BCUT2D eigenvalue weighted by atomic mass is 35.5. The molecule has 0 radical (unpaired) electrons. The number of anilines is 1. The molecule has 5 heteroatoms. The minimum absolute atomic E-state index is 0.214. The van der Waals surface area contributed by atoms with Crippen LogP contribution in [0.4, 0.5) is 5.13 Å². The minimum Gasteiger partial charge on any atom is -0.298 e. The van der Waals surface area contributed by atoms with Gasteiger partial charge in [0.1, 0.15) is 0 Å². The first kappa shape index (κ1) is 13.8. The third-order valence-electron chi connectivity index (χ3n) is 2.58. The molecule has 98 valence electrons. The van der Waals surface area contributed by atoms with Crippen LogP contribution in [0, 0.1) is 13.8 Å². The van der Waals surface area contributed by atoms with Gasteiger partial charge < -0.3 is 0 Å². The lowest BCUT2D eigenvalue weighted by Gasteiger charge is -1.97. The zero-order valence-electron chi connectivity index (χ0n) is 10.6. The first-order chi connectivity index (χ1) is 9.06. The number of benzene rings is 1. The molecule has 2 aromatic rings. The smallest absolute Gasteiger partial charge is 0.250 e. The first-order valence-electron chi connectivity index (χ1n) is 5.74. The molecule has 0 bridgehead atoms. The van der Waals surface area contributed by atoms with Crippen LogP contribution >= 0.6 is 22.9 Å². The molecule has 19 heavy (non-hydrogen) atoms. The number of aryl methyl sites for hydroxylation is 2. The summed E-state index contributed by atoms with van der Waals surface area (Å²) in [6, 6.07) is 7.36. The highest BCUT2D eigenvalue weighted by Crippen LogP contribution is 2.21. The summed E-state index contributed by atoms with van der Waals surface area (Å²) in [5.74, 6) is -0.214. The van der Waals surface area contributed by atoms with Gasteiger partial charge in [-0.1, -0.05) is 29.8 Å². The van der Waals surface area contributed by atoms with Gasteiger partial charge in [-0.05, 0) is 31.6 Å². The lowest BCUT2D eigenvalue weighted by Crippen LogP contribution is -2.07. The van der Waals surface area contributed by atoms with Crippen molar-refractivity contribution in [3.63, 3.8) is 0 Å². The van der Waals surface area contributed by atoms with Gasteiger partial charge in [0.15, 0.2) is 5.13 Å². The van der Waals surface area contributed by atoms with Crippen molar-refractivity contribution in [3.05, 3.63) is 51.5 Å². The maximum absolute atomic E-state index is 11.7.